The highest BCUT2D eigenvalue weighted by Gasteiger charge is 2.13. The van der Waals surface area contributed by atoms with E-state index in [2.05, 4.69) is 22.0 Å². The lowest BCUT2D eigenvalue weighted by atomic mass is 10.1. The van der Waals surface area contributed by atoms with E-state index in [1.165, 1.54) is 6.08 Å². The Balaban J connectivity index is 2.34. The van der Waals surface area contributed by atoms with Gasteiger partial charge in [0.15, 0.2) is 11.5 Å². The number of benzene rings is 2. The number of primary amides is 1. The van der Waals surface area contributed by atoms with Gasteiger partial charge in [0.1, 0.15) is 18.2 Å². The summed E-state index contributed by atoms with van der Waals surface area (Å²) in [6.07, 6.45) is 1.42. The van der Waals surface area contributed by atoms with E-state index in [0.29, 0.717) is 34.7 Å². The molecule has 0 unspecified atom stereocenters. The summed E-state index contributed by atoms with van der Waals surface area (Å²) < 4.78 is 12.3. The van der Waals surface area contributed by atoms with Gasteiger partial charge >= 0.3 is 0 Å². The third-order valence-electron chi connectivity index (χ3n) is 3.49. The van der Waals surface area contributed by atoms with Gasteiger partial charge < -0.3 is 15.2 Å². The predicted octanol–water partition coefficient (Wildman–Crippen LogP) is 4.13. The first-order valence-electron chi connectivity index (χ1n) is 8.01. The standard InChI is InChI=1S/C20H19BrN2O3/c1-3-25-18-10-15(8-16(11-22)20(23)24)9-17(21)19(18)26-12-14-6-4-5-13(2)7-14/h4-10H,3,12H2,1-2H3,(H2,23,24). The van der Waals surface area contributed by atoms with E-state index in [0.717, 1.165) is 11.1 Å². The van der Waals surface area contributed by atoms with E-state index in [1.807, 2.05) is 32.0 Å². The molecule has 0 radical (unpaired) electrons. The zero-order valence-electron chi connectivity index (χ0n) is 14.6. The Hall–Kier alpha value is -2.78. The molecule has 2 aromatic carbocycles. The molecule has 134 valence electrons. The minimum atomic E-state index is -0.777. The van der Waals surface area contributed by atoms with Gasteiger partial charge in [0.2, 0.25) is 0 Å². The fraction of sp³-hybridized carbons (Fsp3) is 0.200. The molecule has 0 bridgehead atoms. The molecule has 1 amide bonds. The van der Waals surface area contributed by atoms with Crippen molar-refractivity contribution in [3.63, 3.8) is 0 Å². The maximum atomic E-state index is 11.2. The second kappa shape index (κ2) is 9.07. The van der Waals surface area contributed by atoms with Crippen molar-refractivity contribution in [2.24, 2.45) is 5.73 Å². The first-order chi connectivity index (χ1) is 12.4. The topological polar surface area (TPSA) is 85.3 Å². The van der Waals surface area contributed by atoms with Gasteiger partial charge in [-0.2, -0.15) is 5.26 Å². The molecule has 0 atom stereocenters. The highest BCUT2D eigenvalue weighted by Crippen LogP contribution is 2.38. The summed E-state index contributed by atoms with van der Waals surface area (Å²) in [6.45, 7) is 4.73. The number of hydrogen-bond acceptors (Lipinski definition) is 4. The number of halogens is 1. The lowest BCUT2D eigenvalue weighted by Gasteiger charge is -2.15. The molecular weight excluding hydrogens is 396 g/mol. The molecule has 5 nitrogen and oxygen atoms in total. The minimum absolute atomic E-state index is 0.132. The zero-order valence-corrected chi connectivity index (χ0v) is 16.2. The Morgan fingerprint density at radius 3 is 2.69 bits per heavy atom. The Morgan fingerprint density at radius 1 is 1.31 bits per heavy atom. The maximum Gasteiger partial charge on any atom is 0.259 e. The molecule has 2 N–H and O–H groups in total. The fourth-order valence-electron chi connectivity index (χ4n) is 2.36. The lowest BCUT2D eigenvalue weighted by molar-refractivity contribution is -0.114. The molecule has 0 saturated carbocycles. The van der Waals surface area contributed by atoms with E-state index >= 15 is 0 Å². The molecular formula is C20H19BrN2O3. The summed E-state index contributed by atoms with van der Waals surface area (Å²) in [5.74, 6) is 0.298. The molecule has 0 fully saturated rings. The molecule has 0 aliphatic carbocycles. The number of nitriles is 1. The Bertz CT molecular complexity index is 885. The normalized spacial score (nSPS) is 10.9. The summed E-state index contributed by atoms with van der Waals surface area (Å²) >= 11 is 3.47. The lowest BCUT2D eigenvalue weighted by Crippen LogP contribution is -2.12. The monoisotopic (exact) mass is 414 g/mol. The second-order valence-electron chi connectivity index (χ2n) is 5.57. The molecule has 0 aromatic heterocycles. The Kier molecular flexibility index (Phi) is 6.81. The van der Waals surface area contributed by atoms with Gasteiger partial charge in [-0.05, 0) is 59.1 Å². The molecule has 6 heteroatoms. The molecule has 0 aliphatic heterocycles. The summed E-state index contributed by atoms with van der Waals surface area (Å²) in [5.41, 5.74) is 7.87. The highest BCUT2D eigenvalue weighted by molar-refractivity contribution is 9.10. The number of amides is 1. The van der Waals surface area contributed by atoms with E-state index in [4.69, 9.17) is 20.5 Å². The SMILES string of the molecule is CCOc1cc(C=C(C#N)C(N)=O)cc(Br)c1OCc1cccc(C)c1. The van der Waals surface area contributed by atoms with E-state index < -0.39 is 5.91 Å². The smallest absolute Gasteiger partial charge is 0.259 e. The fourth-order valence-corrected chi connectivity index (χ4v) is 2.93. The van der Waals surface area contributed by atoms with Gasteiger partial charge in [0.25, 0.3) is 5.91 Å². The second-order valence-corrected chi connectivity index (χ2v) is 6.43. The molecule has 0 aliphatic rings. The number of hydrogen-bond donors (Lipinski definition) is 1. The van der Waals surface area contributed by atoms with Crippen LogP contribution < -0.4 is 15.2 Å². The molecule has 0 heterocycles. The van der Waals surface area contributed by atoms with Gasteiger partial charge in [-0.3, -0.25) is 4.79 Å². The van der Waals surface area contributed by atoms with Crippen molar-refractivity contribution in [3.05, 3.63) is 63.1 Å². The Labute approximate surface area is 161 Å². The van der Waals surface area contributed by atoms with Gasteiger partial charge in [-0.25, -0.2) is 0 Å². The number of nitrogens with two attached hydrogens (primary N) is 1. The third-order valence-corrected chi connectivity index (χ3v) is 4.08. The van der Waals surface area contributed by atoms with Crippen molar-refractivity contribution >= 4 is 27.9 Å². The zero-order chi connectivity index (χ0) is 19.1. The number of rotatable bonds is 7. The molecule has 2 aromatic rings. The number of aryl methyl sites for hydroxylation is 1. The molecule has 0 saturated heterocycles. The van der Waals surface area contributed by atoms with Crippen LogP contribution in [0.3, 0.4) is 0 Å². The van der Waals surface area contributed by atoms with Crippen molar-refractivity contribution in [3.8, 4) is 17.6 Å². The van der Waals surface area contributed by atoms with E-state index in [1.54, 1.807) is 18.2 Å². The van der Waals surface area contributed by atoms with Crippen LogP contribution in [0.15, 0.2) is 46.4 Å². The average molecular weight is 415 g/mol. The largest absolute Gasteiger partial charge is 0.490 e. The van der Waals surface area contributed by atoms with Crippen molar-refractivity contribution in [1.29, 1.82) is 5.26 Å². The number of carbonyl (C=O) groups excluding carboxylic acids is 1. The first kappa shape index (κ1) is 19.5. The summed E-state index contributed by atoms with van der Waals surface area (Å²) in [4.78, 5) is 11.2. The van der Waals surface area contributed by atoms with Crippen LogP contribution in [0.1, 0.15) is 23.6 Å². The van der Waals surface area contributed by atoms with Gasteiger partial charge in [-0.15, -0.1) is 0 Å². The van der Waals surface area contributed by atoms with Crippen molar-refractivity contribution in [2.45, 2.75) is 20.5 Å². The van der Waals surface area contributed by atoms with E-state index in [-0.39, 0.29) is 5.57 Å². The maximum absolute atomic E-state index is 11.2. The van der Waals surface area contributed by atoms with E-state index in [9.17, 15) is 4.79 Å². The average Bonchev–Trinajstić information content (AvgIpc) is 2.59. The van der Waals surface area contributed by atoms with Crippen LogP contribution in [0.4, 0.5) is 0 Å². The van der Waals surface area contributed by atoms with Crippen LogP contribution in [0.2, 0.25) is 0 Å². The van der Waals surface area contributed by atoms with Crippen LogP contribution in [-0.2, 0) is 11.4 Å². The Morgan fingerprint density at radius 2 is 2.08 bits per heavy atom. The van der Waals surface area contributed by atoms with Crippen molar-refractivity contribution in [1.82, 2.24) is 0 Å². The third kappa shape index (κ3) is 5.11. The van der Waals surface area contributed by atoms with Crippen molar-refractivity contribution in [2.75, 3.05) is 6.61 Å². The molecule has 2 rings (SSSR count). The van der Waals surface area contributed by atoms with Crippen LogP contribution in [0, 0.1) is 18.3 Å². The van der Waals surface area contributed by atoms with Crippen molar-refractivity contribution < 1.29 is 14.3 Å². The van der Waals surface area contributed by atoms with Gasteiger partial charge in [0.05, 0.1) is 11.1 Å². The summed E-state index contributed by atoms with van der Waals surface area (Å²) in [6, 6.07) is 13.3. The summed E-state index contributed by atoms with van der Waals surface area (Å²) in [7, 11) is 0. The highest BCUT2D eigenvalue weighted by atomic mass is 79.9. The van der Waals surface area contributed by atoms with Crippen LogP contribution in [0.25, 0.3) is 6.08 Å². The summed E-state index contributed by atoms with van der Waals surface area (Å²) in [5, 5.41) is 9.00. The number of nitrogens with zero attached hydrogens (tertiary/aromatic N) is 1. The number of ether oxygens (including phenoxy) is 2. The number of carbonyl (C=O) groups is 1. The minimum Gasteiger partial charge on any atom is -0.490 e. The van der Waals surface area contributed by atoms with Crippen LogP contribution in [0.5, 0.6) is 11.5 Å². The molecule has 0 spiro atoms. The van der Waals surface area contributed by atoms with Crippen LogP contribution >= 0.6 is 15.9 Å². The quantitative estimate of drug-likeness (QED) is 0.545. The first-order valence-corrected chi connectivity index (χ1v) is 8.80. The predicted molar refractivity (Wildman–Crippen MR) is 104 cm³/mol. The van der Waals surface area contributed by atoms with Gasteiger partial charge in [0, 0.05) is 0 Å². The van der Waals surface area contributed by atoms with Crippen LogP contribution in [-0.4, -0.2) is 12.5 Å². The van der Waals surface area contributed by atoms with Gasteiger partial charge in [-0.1, -0.05) is 29.8 Å². The molecule has 26 heavy (non-hydrogen) atoms.